The molecule has 74 valence electrons. The van der Waals surface area contributed by atoms with Crippen molar-refractivity contribution >= 4 is 0 Å². The molecule has 0 saturated carbocycles. The van der Waals surface area contributed by atoms with E-state index in [0.29, 0.717) is 12.5 Å². The highest BCUT2D eigenvalue weighted by Gasteiger charge is 2.01. The molecule has 0 unspecified atom stereocenters. The second-order valence-corrected chi connectivity index (χ2v) is 3.57. The van der Waals surface area contributed by atoms with Gasteiger partial charge in [0.25, 0.3) is 0 Å². The maximum Gasteiger partial charge on any atom is 0.0850 e. The molecule has 0 spiro atoms. The van der Waals surface area contributed by atoms with Crippen molar-refractivity contribution in [3.63, 3.8) is 0 Å². The van der Waals surface area contributed by atoms with Gasteiger partial charge in [-0.15, -0.1) is 5.10 Å². The van der Waals surface area contributed by atoms with Gasteiger partial charge in [-0.3, -0.25) is 4.68 Å². The van der Waals surface area contributed by atoms with Gasteiger partial charge in [-0.05, 0) is 5.92 Å². The third-order valence-corrected chi connectivity index (χ3v) is 1.70. The van der Waals surface area contributed by atoms with E-state index in [1.807, 2.05) is 10.9 Å². The highest BCUT2D eigenvalue weighted by Crippen LogP contribution is 1.99. The number of hydrogen-bond acceptors (Lipinski definition) is 3. The van der Waals surface area contributed by atoms with Crippen LogP contribution in [0.4, 0.5) is 0 Å². The molecule has 0 saturated heterocycles. The first-order valence-corrected chi connectivity index (χ1v) is 4.60. The van der Waals surface area contributed by atoms with Crippen LogP contribution in [0.2, 0.25) is 0 Å². The summed E-state index contributed by atoms with van der Waals surface area (Å²) in [6.07, 6.45) is 2.83. The van der Waals surface area contributed by atoms with Crippen LogP contribution in [0, 0.1) is 5.92 Å². The van der Waals surface area contributed by atoms with Gasteiger partial charge >= 0.3 is 0 Å². The average molecular weight is 183 g/mol. The third-order valence-electron chi connectivity index (χ3n) is 1.70. The second kappa shape index (κ2) is 4.97. The van der Waals surface area contributed by atoms with E-state index >= 15 is 0 Å². The van der Waals surface area contributed by atoms with Crippen LogP contribution in [0.3, 0.4) is 0 Å². The van der Waals surface area contributed by atoms with E-state index in [9.17, 15) is 0 Å². The molecule has 0 N–H and O–H groups in total. The molecular weight excluding hydrogens is 166 g/mol. The van der Waals surface area contributed by atoms with Crippen LogP contribution in [0.5, 0.6) is 0 Å². The van der Waals surface area contributed by atoms with Gasteiger partial charge in [-0.25, -0.2) is 0 Å². The van der Waals surface area contributed by atoms with Crippen LogP contribution in [-0.4, -0.2) is 28.7 Å². The zero-order valence-electron chi connectivity index (χ0n) is 8.53. The molecule has 0 aliphatic rings. The van der Waals surface area contributed by atoms with E-state index in [2.05, 4.69) is 24.2 Å². The molecule has 1 heterocycles. The molecule has 0 aromatic carbocycles. The standard InChI is InChI=1S/C9H17N3O/c1-8(2)6-12-7-9(10-11-12)4-5-13-3/h7-8H,4-6H2,1-3H3. The van der Waals surface area contributed by atoms with E-state index in [1.165, 1.54) is 0 Å². The molecule has 4 nitrogen and oxygen atoms in total. The zero-order chi connectivity index (χ0) is 9.68. The third kappa shape index (κ3) is 3.55. The summed E-state index contributed by atoms with van der Waals surface area (Å²) in [4.78, 5) is 0. The Hall–Kier alpha value is -0.900. The normalized spacial score (nSPS) is 11.1. The highest BCUT2D eigenvalue weighted by atomic mass is 16.5. The van der Waals surface area contributed by atoms with Crippen molar-refractivity contribution < 1.29 is 4.74 Å². The Labute approximate surface area is 78.9 Å². The summed E-state index contributed by atoms with van der Waals surface area (Å²) in [5, 5.41) is 8.06. The van der Waals surface area contributed by atoms with Gasteiger partial charge in [-0.2, -0.15) is 0 Å². The Morgan fingerprint density at radius 3 is 2.92 bits per heavy atom. The van der Waals surface area contributed by atoms with Gasteiger partial charge in [0, 0.05) is 26.3 Å². The fraction of sp³-hybridized carbons (Fsp3) is 0.778. The summed E-state index contributed by atoms with van der Waals surface area (Å²) in [7, 11) is 1.69. The molecule has 0 aliphatic carbocycles. The maximum atomic E-state index is 4.96. The molecule has 0 fully saturated rings. The molecule has 4 heteroatoms. The first-order valence-electron chi connectivity index (χ1n) is 4.60. The maximum absolute atomic E-state index is 4.96. The summed E-state index contributed by atoms with van der Waals surface area (Å²) in [6, 6.07) is 0. The number of methoxy groups -OCH3 is 1. The largest absolute Gasteiger partial charge is 0.384 e. The molecule has 13 heavy (non-hydrogen) atoms. The quantitative estimate of drug-likeness (QED) is 0.687. The summed E-state index contributed by atoms with van der Waals surface area (Å²) in [5.74, 6) is 0.608. The summed E-state index contributed by atoms with van der Waals surface area (Å²) < 4.78 is 6.84. The van der Waals surface area contributed by atoms with Crippen LogP contribution < -0.4 is 0 Å². The lowest BCUT2D eigenvalue weighted by molar-refractivity contribution is 0.201. The van der Waals surface area contributed by atoms with Gasteiger partial charge in [0.2, 0.25) is 0 Å². The molecular formula is C9H17N3O. The smallest absolute Gasteiger partial charge is 0.0850 e. The van der Waals surface area contributed by atoms with Crippen LogP contribution >= 0.6 is 0 Å². The van der Waals surface area contributed by atoms with Crippen LogP contribution in [0.25, 0.3) is 0 Å². The second-order valence-electron chi connectivity index (χ2n) is 3.57. The molecule has 1 aromatic heterocycles. The van der Waals surface area contributed by atoms with Gasteiger partial charge in [0.15, 0.2) is 0 Å². The lowest BCUT2D eigenvalue weighted by atomic mass is 10.2. The number of rotatable bonds is 5. The molecule has 1 aromatic rings. The monoisotopic (exact) mass is 183 g/mol. The van der Waals surface area contributed by atoms with Gasteiger partial charge < -0.3 is 4.74 Å². The van der Waals surface area contributed by atoms with Crippen molar-refractivity contribution in [2.24, 2.45) is 5.92 Å². The fourth-order valence-corrected chi connectivity index (χ4v) is 1.12. The fourth-order valence-electron chi connectivity index (χ4n) is 1.12. The van der Waals surface area contributed by atoms with Crippen LogP contribution in [0.1, 0.15) is 19.5 Å². The minimum Gasteiger partial charge on any atom is -0.384 e. The SMILES string of the molecule is COCCc1cn(CC(C)C)nn1. The minimum absolute atomic E-state index is 0.608. The highest BCUT2D eigenvalue weighted by molar-refractivity contribution is 4.92. The van der Waals surface area contributed by atoms with Crippen LogP contribution in [-0.2, 0) is 17.7 Å². The molecule has 0 bridgehead atoms. The van der Waals surface area contributed by atoms with Crippen molar-refractivity contribution in [1.29, 1.82) is 0 Å². The molecule has 0 aliphatic heterocycles. The van der Waals surface area contributed by atoms with Crippen molar-refractivity contribution in [3.8, 4) is 0 Å². The summed E-state index contributed by atoms with van der Waals surface area (Å²) >= 11 is 0. The van der Waals surface area contributed by atoms with Gasteiger partial charge in [0.05, 0.1) is 12.3 Å². The Kier molecular flexibility index (Phi) is 3.89. The van der Waals surface area contributed by atoms with Gasteiger partial charge in [0.1, 0.15) is 0 Å². The predicted molar refractivity (Wildman–Crippen MR) is 50.4 cm³/mol. The molecule has 0 atom stereocenters. The van der Waals surface area contributed by atoms with E-state index in [0.717, 1.165) is 18.7 Å². The van der Waals surface area contributed by atoms with Crippen molar-refractivity contribution in [3.05, 3.63) is 11.9 Å². The Bertz CT molecular complexity index is 245. The Morgan fingerprint density at radius 1 is 1.54 bits per heavy atom. The summed E-state index contributed by atoms with van der Waals surface area (Å²) in [6.45, 7) is 5.97. The van der Waals surface area contributed by atoms with Gasteiger partial charge in [-0.1, -0.05) is 19.1 Å². The molecule has 0 radical (unpaired) electrons. The van der Waals surface area contributed by atoms with E-state index < -0.39 is 0 Å². The first-order chi connectivity index (χ1) is 6.22. The minimum atomic E-state index is 0.608. The van der Waals surface area contributed by atoms with Crippen molar-refractivity contribution in [1.82, 2.24) is 15.0 Å². The first kappa shape index (κ1) is 10.2. The number of nitrogens with zero attached hydrogens (tertiary/aromatic N) is 3. The predicted octanol–water partition coefficient (Wildman–Crippen LogP) is 1.12. The average Bonchev–Trinajstić information content (AvgIpc) is 2.48. The number of aromatic nitrogens is 3. The lowest BCUT2D eigenvalue weighted by Gasteiger charge is -2.01. The zero-order valence-corrected chi connectivity index (χ0v) is 8.53. The van der Waals surface area contributed by atoms with Crippen molar-refractivity contribution in [2.45, 2.75) is 26.8 Å². The Balaban J connectivity index is 2.44. The topological polar surface area (TPSA) is 39.9 Å². The summed E-state index contributed by atoms with van der Waals surface area (Å²) in [5.41, 5.74) is 1.00. The molecule has 0 amide bonds. The molecule has 1 rings (SSSR count). The van der Waals surface area contributed by atoms with E-state index in [4.69, 9.17) is 4.74 Å². The van der Waals surface area contributed by atoms with E-state index in [1.54, 1.807) is 7.11 Å². The van der Waals surface area contributed by atoms with Crippen molar-refractivity contribution in [2.75, 3.05) is 13.7 Å². The number of hydrogen-bond donors (Lipinski definition) is 0. The Morgan fingerprint density at radius 2 is 2.31 bits per heavy atom. The lowest BCUT2D eigenvalue weighted by Crippen LogP contribution is -2.04. The van der Waals surface area contributed by atoms with Crippen LogP contribution in [0.15, 0.2) is 6.20 Å². The van der Waals surface area contributed by atoms with E-state index in [-0.39, 0.29) is 0 Å². The number of ether oxygens (including phenoxy) is 1.